The molecule has 1 N–H and O–H groups in total. The summed E-state index contributed by atoms with van der Waals surface area (Å²) in [5.74, 6) is 1.61. The molecule has 1 aromatic carbocycles. The molecule has 0 bridgehead atoms. The first-order valence-electron chi connectivity index (χ1n) is 4.57. The van der Waals surface area contributed by atoms with Crippen LogP contribution in [-0.4, -0.2) is 13.1 Å². The Balaban J connectivity index is 2.08. The summed E-state index contributed by atoms with van der Waals surface area (Å²) in [6.45, 7) is 2.29. The minimum atomic E-state index is 1.14. The van der Waals surface area contributed by atoms with Crippen LogP contribution in [0, 0.1) is 5.92 Å². The quantitative estimate of drug-likeness (QED) is 0.662. The van der Waals surface area contributed by atoms with Gasteiger partial charge in [-0.3, -0.25) is 0 Å². The van der Waals surface area contributed by atoms with E-state index in [2.05, 4.69) is 35.6 Å². The van der Waals surface area contributed by atoms with Gasteiger partial charge in [0.15, 0.2) is 0 Å². The minimum absolute atomic E-state index is 1.14. The lowest BCUT2D eigenvalue weighted by Crippen LogP contribution is -2.27. The first kappa shape index (κ1) is 7.81. The summed E-state index contributed by atoms with van der Waals surface area (Å²) in [6, 6.07) is 10.7. The Hall–Kier alpha value is -0.820. The maximum Gasteiger partial charge on any atom is 0.00748 e. The number of hydrogen-bond acceptors (Lipinski definition) is 1. The van der Waals surface area contributed by atoms with E-state index in [0.717, 1.165) is 13.1 Å². The van der Waals surface area contributed by atoms with Gasteiger partial charge in [0.05, 0.1) is 0 Å². The molecule has 1 heterocycles. The molecule has 0 spiro atoms. The second-order valence-corrected chi connectivity index (χ2v) is 3.22. The number of benzene rings is 1. The molecule has 1 saturated heterocycles. The van der Waals surface area contributed by atoms with Crippen LogP contribution in [0.5, 0.6) is 0 Å². The van der Waals surface area contributed by atoms with Gasteiger partial charge >= 0.3 is 0 Å². The lowest BCUT2D eigenvalue weighted by molar-refractivity contribution is 0.565. The second kappa shape index (κ2) is 3.72. The summed E-state index contributed by atoms with van der Waals surface area (Å²) in [4.78, 5) is 0. The molecular formula is C11H14N. The Bertz CT molecular complexity index is 224. The van der Waals surface area contributed by atoms with Crippen LogP contribution in [0.2, 0.25) is 0 Å². The van der Waals surface area contributed by atoms with Crippen LogP contribution < -0.4 is 5.32 Å². The van der Waals surface area contributed by atoms with Crippen LogP contribution >= 0.6 is 0 Å². The van der Waals surface area contributed by atoms with Gasteiger partial charge < -0.3 is 5.32 Å². The molecular weight excluding hydrogens is 146 g/mol. The maximum absolute atomic E-state index is 3.36. The zero-order valence-corrected chi connectivity index (χ0v) is 7.22. The van der Waals surface area contributed by atoms with Crippen LogP contribution in [0.15, 0.2) is 30.3 Å². The van der Waals surface area contributed by atoms with E-state index < -0.39 is 0 Å². The lowest BCUT2D eigenvalue weighted by atomic mass is 9.90. The van der Waals surface area contributed by atoms with Crippen LogP contribution in [0.3, 0.4) is 0 Å². The second-order valence-electron chi connectivity index (χ2n) is 3.22. The molecule has 1 aliphatic heterocycles. The molecule has 1 fully saturated rings. The molecule has 1 nitrogen and oxygen atoms in total. The zero-order chi connectivity index (χ0) is 8.23. The predicted octanol–water partition coefficient (Wildman–Crippen LogP) is 1.99. The van der Waals surface area contributed by atoms with Gasteiger partial charge in [-0.25, -0.2) is 0 Å². The molecule has 1 aromatic rings. The fraction of sp³-hybridized carbons (Fsp3) is 0.364. The lowest BCUT2D eigenvalue weighted by Gasteiger charge is -2.22. The highest BCUT2D eigenvalue weighted by molar-refractivity contribution is 5.30. The monoisotopic (exact) mass is 160 g/mol. The first-order valence-corrected chi connectivity index (χ1v) is 4.57. The average Bonchev–Trinajstić information content (AvgIpc) is 2.21. The summed E-state index contributed by atoms with van der Waals surface area (Å²) in [5, 5.41) is 3.36. The topological polar surface area (TPSA) is 12.0 Å². The Labute approximate surface area is 73.8 Å². The summed E-state index contributed by atoms with van der Waals surface area (Å²) in [7, 11) is 0. The maximum atomic E-state index is 3.36. The largest absolute Gasteiger partial charge is 0.317 e. The Morgan fingerprint density at radius 2 is 1.58 bits per heavy atom. The molecule has 0 aliphatic carbocycles. The van der Waals surface area contributed by atoms with E-state index >= 15 is 0 Å². The number of hydrogen-bond donors (Lipinski definition) is 1. The zero-order valence-electron chi connectivity index (χ0n) is 7.22. The SMILES string of the molecule is c1ccc([C]2CCNCC2)cc1. The van der Waals surface area contributed by atoms with Crippen molar-refractivity contribution in [3.05, 3.63) is 41.8 Å². The van der Waals surface area contributed by atoms with Crippen molar-refractivity contribution in [3.63, 3.8) is 0 Å². The molecule has 1 aliphatic rings. The molecule has 0 saturated carbocycles. The summed E-state index contributed by atoms with van der Waals surface area (Å²) >= 11 is 0. The number of nitrogens with one attached hydrogen (secondary N) is 1. The van der Waals surface area contributed by atoms with Crippen LogP contribution in [-0.2, 0) is 0 Å². The van der Waals surface area contributed by atoms with Crippen molar-refractivity contribution >= 4 is 0 Å². The van der Waals surface area contributed by atoms with Gasteiger partial charge in [0.1, 0.15) is 0 Å². The molecule has 0 amide bonds. The molecule has 12 heavy (non-hydrogen) atoms. The first-order chi connectivity index (χ1) is 5.97. The Morgan fingerprint density at radius 3 is 2.25 bits per heavy atom. The fourth-order valence-electron chi connectivity index (χ4n) is 1.69. The van der Waals surface area contributed by atoms with Gasteiger partial charge in [0, 0.05) is 5.92 Å². The van der Waals surface area contributed by atoms with E-state index in [1.807, 2.05) is 0 Å². The van der Waals surface area contributed by atoms with Crippen molar-refractivity contribution < 1.29 is 0 Å². The molecule has 0 unspecified atom stereocenters. The molecule has 1 radical (unpaired) electrons. The van der Waals surface area contributed by atoms with Crippen molar-refractivity contribution in [3.8, 4) is 0 Å². The minimum Gasteiger partial charge on any atom is -0.317 e. The van der Waals surface area contributed by atoms with Gasteiger partial charge in [-0.15, -0.1) is 0 Å². The van der Waals surface area contributed by atoms with Crippen LogP contribution in [0.25, 0.3) is 0 Å². The van der Waals surface area contributed by atoms with Gasteiger partial charge in [-0.05, 0) is 31.5 Å². The number of rotatable bonds is 1. The summed E-state index contributed by atoms with van der Waals surface area (Å²) < 4.78 is 0. The third-order valence-corrected chi connectivity index (χ3v) is 2.39. The summed E-state index contributed by atoms with van der Waals surface area (Å²) in [6.07, 6.45) is 2.42. The van der Waals surface area contributed by atoms with Crippen molar-refractivity contribution in [2.45, 2.75) is 12.8 Å². The van der Waals surface area contributed by atoms with E-state index in [9.17, 15) is 0 Å². The highest BCUT2D eigenvalue weighted by Crippen LogP contribution is 2.23. The fourth-order valence-corrected chi connectivity index (χ4v) is 1.69. The summed E-state index contributed by atoms with van der Waals surface area (Å²) in [5.41, 5.74) is 1.43. The van der Waals surface area contributed by atoms with Crippen molar-refractivity contribution in [1.82, 2.24) is 5.32 Å². The smallest absolute Gasteiger partial charge is 0.00748 e. The van der Waals surface area contributed by atoms with Gasteiger partial charge in [-0.2, -0.15) is 0 Å². The van der Waals surface area contributed by atoms with Crippen molar-refractivity contribution in [2.75, 3.05) is 13.1 Å². The molecule has 1 heteroatoms. The highest BCUT2D eigenvalue weighted by atomic mass is 14.9. The normalized spacial score (nSPS) is 19.3. The van der Waals surface area contributed by atoms with Crippen molar-refractivity contribution in [1.29, 1.82) is 0 Å². The number of piperidine rings is 1. The van der Waals surface area contributed by atoms with E-state index in [1.54, 1.807) is 5.92 Å². The third kappa shape index (κ3) is 1.67. The van der Waals surface area contributed by atoms with Crippen molar-refractivity contribution in [2.24, 2.45) is 0 Å². The van der Waals surface area contributed by atoms with Gasteiger partial charge in [0.2, 0.25) is 0 Å². The molecule has 0 aromatic heterocycles. The van der Waals surface area contributed by atoms with Gasteiger partial charge in [0.25, 0.3) is 0 Å². The predicted molar refractivity (Wildman–Crippen MR) is 50.9 cm³/mol. The van der Waals surface area contributed by atoms with E-state index in [1.165, 1.54) is 18.4 Å². The molecule has 2 rings (SSSR count). The van der Waals surface area contributed by atoms with Crippen LogP contribution in [0.1, 0.15) is 18.4 Å². The standard InChI is InChI=1S/C11H14N/c1-2-4-10(5-3-1)11-6-8-12-9-7-11/h1-5,12H,6-9H2. The average molecular weight is 160 g/mol. The molecule has 0 atom stereocenters. The Kier molecular flexibility index (Phi) is 2.42. The van der Waals surface area contributed by atoms with Gasteiger partial charge in [-0.1, -0.05) is 30.3 Å². The third-order valence-electron chi connectivity index (χ3n) is 2.39. The highest BCUT2D eigenvalue weighted by Gasteiger charge is 2.14. The van der Waals surface area contributed by atoms with Crippen LogP contribution in [0.4, 0.5) is 0 Å². The molecule has 63 valence electrons. The van der Waals surface area contributed by atoms with E-state index in [-0.39, 0.29) is 0 Å². The Morgan fingerprint density at radius 1 is 0.917 bits per heavy atom. The van der Waals surface area contributed by atoms with E-state index in [4.69, 9.17) is 0 Å². The van der Waals surface area contributed by atoms with E-state index in [0.29, 0.717) is 0 Å².